The number of nitrogen functional groups attached to an aromatic ring is 1. The van der Waals surface area contributed by atoms with Gasteiger partial charge in [0, 0.05) is 57.4 Å². The molecule has 2 aliphatic rings. The van der Waals surface area contributed by atoms with Crippen LogP contribution in [0.4, 0.5) is 17.3 Å². The molecule has 5 aromatic rings. The second-order valence-corrected chi connectivity index (χ2v) is 17.0. The number of rotatable bonds is 11. The van der Waals surface area contributed by atoms with Crippen molar-refractivity contribution in [2.45, 2.75) is 65.3 Å². The zero-order chi connectivity index (χ0) is 41.8. The molecule has 0 radical (unpaired) electrons. The number of aromatic nitrogens is 4. The number of benzene rings is 2. The van der Waals surface area contributed by atoms with Crippen LogP contribution in [0.25, 0.3) is 21.7 Å². The van der Waals surface area contributed by atoms with E-state index in [4.69, 9.17) is 5.73 Å². The average molecular weight is 819 g/mol. The summed E-state index contributed by atoms with van der Waals surface area (Å²) in [5, 5.41) is 35.2. The van der Waals surface area contributed by atoms with Crippen LogP contribution in [0.5, 0.6) is 5.75 Å². The van der Waals surface area contributed by atoms with Crippen molar-refractivity contribution in [3.63, 3.8) is 0 Å². The average Bonchev–Trinajstić information content (AvgIpc) is 3.84. The Bertz CT molecular complexity index is 2300. The van der Waals surface area contributed by atoms with Gasteiger partial charge in [0.1, 0.15) is 23.7 Å². The molecule has 16 heteroatoms. The number of para-hydroxylation sites is 1. The van der Waals surface area contributed by atoms with E-state index in [1.165, 1.54) is 4.90 Å². The molecule has 3 atom stereocenters. The quantitative estimate of drug-likeness (QED) is 0.129. The topological polar surface area (TPSA) is 203 Å². The summed E-state index contributed by atoms with van der Waals surface area (Å²) in [6.07, 6.45) is 0.916. The Balaban J connectivity index is 0.954. The largest absolute Gasteiger partial charge is 0.507 e. The third-order valence-electron chi connectivity index (χ3n) is 10.8. The monoisotopic (exact) mass is 818 g/mol. The van der Waals surface area contributed by atoms with Gasteiger partial charge in [0.15, 0.2) is 5.82 Å². The molecule has 3 aromatic heterocycles. The van der Waals surface area contributed by atoms with Crippen molar-refractivity contribution in [3.8, 4) is 27.4 Å². The van der Waals surface area contributed by atoms with Crippen LogP contribution in [-0.4, -0.2) is 104 Å². The van der Waals surface area contributed by atoms with Gasteiger partial charge in [0.2, 0.25) is 17.7 Å². The number of nitrogens with zero attached hydrogens (tertiary/aromatic N) is 7. The van der Waals surface area contributed by atoms with E-state index in [0.717, 1.165) is 38.8 Å². The van der Waals surface area contributed by atoms with Crippen LogP contribution in [0.15, 0.2) is 78.4 Å². The van der Waals surface area contributed by atoms with Gasteiger partial charge in [-0.05, 0) is 59.4 Å². The molecule has 2 aromatic carbocycles. The minimum atomic E-state index is -0.950. The van der Waals surface area contributed by atoms with Gasteiger partial charge in [0.05, 0.1) is 40.0 Å². The summed E-state index contributed by atoms with van der Waals surface area (Å²) in [5.41, 5.74) is 12.8. The smallest absolute Gasteiger partial charge is 0.246 e. The molecular formula is C43H50N10O5S. The summed E-state index contributed by atoms with van der Waals surface area (Å²) < 4.78 is 0. The van der Waals surface area contributed by atoms with Crippen molar-refractivity contribution >= 4 is 46.4 Å². The minimum Gasteiger partial charge on any atom is -0.507 e. The Morgan fingerprint density at radius 1 is 0.949 bits per heavy atom. The number of likely N-dealkylation sites (tertiary alicyclic amines) is 1. The van der Waals surface area contributed by atoms with Gasteiger partial charge >= 0.3 is 0 Å². The summed E-state index contributed by atoms with van der Waals surface area (Å²) in [5.74, 6) is 0.00593. The van der Waals surface area contributed by atoms with Crippen LogP contribution in [0.3, 0.4) is 0 Å². The molecule has 2 saturated heterocycles. The van der Waals surface area contributed by atoms with Crippen LogP contribution in [0.1, 0.15) is 44.0 Å². The molecular weight excluding hydrogens is 769 g/mol. The lowest BCUT2D eigenvalue weighted by molar-refractivity contribution is -0.144. The molecule has 0 bridgehead atoms. The second kappa shape index (κ2) is 17.4. The number of pyridine rings is 1. The van der Waals surface area contributed by atoms with Gasteiger partial charge < -0.3 is 41.3 Å². The number of hydrogen-bond acceptors (Lipinski definition) is 13. The fourth-order valence-corrected chi connectivity index (χ4v) is 8.38. The number of aryl methyl sites for hydroxylation is 1. The van der Waals surface area contributed by atoms with E-state index in [1.54, 1.807) is 41.8 Å². The number of aliphatic hydroxyl groups is 1. The molecule has 0 saturated carbocycles. The van der Waals surface area contributed by atoms with Gasteiger partial charge in [-0.1, -0.05) is 57.2 Å². The zero-order valence-electron chi connectivity index (χ0n) is 33.6. The number of nitrogens with one attached hydrogen (secondary N) is 2. The Morgan fingerprint density at radius 3 is 2.37 bits per heavy atom. The number of phenols is 1. The third-order valence-corrected chi connectivity index (χ3v) is 11.8. The predicted molar refractivity (Wildman–Crippen MR) is 228 cm³/mol. The standard InChI is InChI=1S/C43H50N10O5S/c1-26-38(59-25-47-26)29-11-9-27(10-12-29)23-46-41(57)34-21-30(54)24-53(34)42(58)39(43(2,3)4)48-37(56)20-28-13-14-45-36(19-28)52-17-15-51(16-18-52)33-22-32(49-50-40(33)44)31-7-5-6-8-35(31)55/h5-14,19,22,25,30,34,39,54-55H,15-18,20-21,23-24H2,1-4H3,(H2,44,50)(H,46,57)(H,48,56)/t30-,34+,39-/m1/s1. The lowest BCUT2D eigenvalue weighted by Crippen LogP contribution is -2.58. The number of anilines is 3. The van der Waals surface area contributed by atoms with E-state index in [1.807, 2.05) is 75.7 Å². The maximum absolute atomic E-state index is 14.2. The molecule has 2 aliphatic heterocycles. The SMILES string of the molecule is Cc1ncsc1-c1ccc(CNC(=O)[C@@H]2C[C@@H](O)CN2C(=O)[C@@H](NC(=O)Cc2ccnc(N3CCN(c4cc(-c5ccccc5O)nnc4N)CC3)c2)C(C)(C)C)cc1. The molecule has 308 valence electrons. The Labute approximate surface area is 347 Å². The summed E-state index contributed by atoms with van der Waals surface area (Å²) in [4.78, 5) is 57.0. The number of hydrogen-bond donors (Lipinski definition) is 5. The number of carbonyl (C=O) groups is 3. The maximum atomic E-state index is 14.2. The predicted octanol–water partition coefficient (Wildman–Crippen LogP) is 3.94. The molecule has 6 N–H and O–H groups in total. The number of carbonyl (C=O) groups excluding carboxylic acids is 3. The molecule has 59 heavy (non-hydrogen) atoms. The van der Waals surface area contributed by atoms with E-state index in [0.29, 0.717) is 43.3 Å². The fourth-order valence-electron chi connectivity index (χ4n) is 7.56. The van der Waals surface area contributed by atoms with Crippen LogP contribution in [0, 0.1) is 12.3 Å². The first kappa shape index (κ1) is 41.0. The first-order valence-corrected chi connectivity index (χ1v) is 20.5. The van der Waals surface area contributed by atoms with Crippen molar-refractivity contribution in [1.82, 2.24) is 35.7 Å². The van der Waals surface area contributed by atoms with Crippen molar-refractivity contribution in [2.24, 2.45) is 5.41 Å². The van der Waals surface area contributed by atoms with Crippen LogP contribution in [-0.2, 0) is 27.3 Å². The lowest BCUT2D eigenvalue weighted by Gasteiger charge is -2.37. The molecule has 5 heterocycles. The molecule has 2 fully saturated rings. The summed E-state index contributed by atoms with van der Waals surface area (Å²) >= 11 is 1.58. The number of aromatic hydroxyl groups is 1. The van der Waals surface area contributed by atoms with Crippen LogP contribution < -0.4 is 26.2 Å². The van der Waals surface area contributed by atoms with E-state index in [2.05, 4.69) is 40.6 Å². The number of amides is 3. The molecule has 15 nitrogen and oxygen atoms in total. The first-order chi connectivity index (χ1) is 28.2. The third kappa shape index (κ3) is 9.44. The van der Waals surface area contributed by atoms with Crippen molar-refractivity contribution < 1.29 is 24.6 Å². The van der Waals surface area contributed by atoms with E-state index >= 15 is 0 Å². The highest BCUT2D eigenvalue weighted by molar-refractivity contribution is 7.13. The van der Waals surface area contributed by atoms with E-state index < -0.39 is 29.5 Å². The van der Waals surface area contributed by atoms with Crippen molar-refractivity contribution in [3.05, 3.63) is 95.3 Å². The highest BCUT2D eigenvalue weighted by Gasteiger charge is 2.44. The highest BCUT2D eigenvalue weighted by Crippen LogP contribution is 2.33. The first-order valence-electron chi connectivity index (χ1n) is 19.7. The summed E-state index contributed by atoms with van der Waals surface area (Å²) in [6.45, 7) is 10.3. The molecule has 0 spiro atoms. The van der Waals surface area contributed by atoms with Gasteiger partial charge in [-0.3, -0.25) is 14.4 Å². The number of aliphatic hydroxyl groups excluding tert-OH is 1. The molecule has 3 amide bonds. The molecule has 0 unspecified atom stereocenters. The molecule has 7 rings (SSSR count). The van der Waals surface area contributed by atoms with Crippen LogP contribution in [0.2, 0.25) is 0 Å². The number of phenolic OH excluding ortho intramolecular Hbond substituents is 1. The minimum absolute atomic E-state index is 0.00864. The normalized spacial score (nSPS) is 17.5. The van der Waals surface area contributed by atoms with Gasteiger partial charge in [-0.25, -0.2) is 9.97 Å². The Morgan fingerprint density at radius 2 is 1.68 bits per heavy atom. The Hall–Kier alpha value is -6.13. The zero-order valence-corrected chi connectivity index (χ0v) is 34.4. The van der Waals surface area contributed by atoms with Crippen molar-refractivity contribution in [1.29, 1.82) is 0 Å². The van der Waals surface area contributed by atoms with Crippen LogP contribution >= 0.6 is 11.3 Å². The molecule has 0 aliphatic carbocycles. The number of β-amino-alcohol motifs (C(OH)–C–C–N with tert-alkyl or cyclic N) is 1. The maximum Gasteiger partial charge on any atom is 0.246 e. The Kier molecular flexibility index (Phi) is 12.1. The lowest BCUT2D eigenvalue weighted by atomic mass is 9.85. The second-order valence-electron chi connectivity index (χ2n) is 16.1. The van der Waals surface area contributed by atoms with E-state index in [9.17, 15) is 24.6 Å². The number of thiazole rings is 1. The summed E-state index contributed by atoms with van der Waals surface area (Å²) in [7, 11) is 0. The van der Waals surface area contributed by atoms with Crippen molar-refractivity contribution in [2.75, 3.05) is 48.3 Å². The van der Waals surface area contributed by atoms with Gasteiger partial charge in [-0.15, -0.1) is 21.5 Å². The fraction of sp³-hybridized carbons (Fsp3) is 0.372. The van der Waals surface area contributed by atoms with Gasteiger partial charge in [0.25, 0.3) is 0 Å². The highest BCUT2D eigenvalue weighted by atomic mass is 32.1. The van der Waals surface area contributed by atoms with E-state index in [-0.39, 0.29) is 43.5 Å². The number of piperazine rings is 1. The number of nitrogens with two attached hydrogens (primary N) is 1. The van der Waals surface area contributed by atoms with Gasteiger partial charge in [-0.2, -0.15) is 0 Å². The summed E-state index contributed by atoms with van der Waals surface area (Å²) in [6, 6.07) is 18.5.